The van der Waals surface area contributed by atoms with Crippen LogP contribution in [0.2, 0.25) is 10.2 Å². The smallest absolute Gasteiger partial charge is 0.257 e. The first-order valence-electron chi connectivity index (χ1n) is 11.6. The van der Waals surface area contributed by atoms with Crippen molar-refractivity contribution in [2.24, 2.45) is 0 Å². The summed E-state index contributed by atoms with van der Waals surface area (Å²) >= 11 is 12.9. The molecule has 2 aromatic carbocycles. The zero-order valence-electron chi connectivity index (χ0n) is 20.2. The monoisotopic (exact) mass is 545 g/mol. The summed E-state index contributed by atoms with van der Waals surface area (Å²) in [4.78, 5) is 16.5. The second-order valence-corrected chi connectivity index (χ2v) is 10.9. The molecular weight excluding hydrogens is 517 g/mol. The van der Waals surface area contributed by atoms with Crippen molar-refractivity contribution in [3.05, 3.63) is 93.0 Å². The molecule has 0 bridgehead atoms. The van der Waals surface area contributed by atoms with E-state index in [0.717, 1.165) is 35.6 Å². The molecular formula is C27H29Cl2N3O3S. The van der Waals surface area contributed by atoms with Crippen LogP contribution in [0.1, 0.15) is 54.4 Å². The zero-order valence-corrected chi connectivity index (χ0v) is 22.6. The number of carbonyl (C=O) groups excluding carboxylic acids is 1. The normalized spacial score (nSPS) is 12.0. The Morgan fingerprint density at radius 3 is 2.44 bits per heavy atom. The molecule has 3 aromatic rings. The molecule has 0 saturated carbocycles. The lowest BCUT2D eigenvalue weighted by atomic mass is 10.1. The van der Waals surface area contributed by atoms with Crippen LogP contribution in [0.25, 0.3) is 18.2 Å². The third kappa shape index (κ3) is 8.08. The van der Waals surface area contributed by atoms with Crippen molar-refractivity contribution in [3.8, 4) is 0 Å². The van der Waals surface area contributed by atoms with E-state index in [4.69, 9.17) is 23.2 Å². The standard InChI is InChI=1S/C27H29Cl2N3O3S/c1-3-4-8-17-36(34,35)31-26(33)16-15-25-27(29)30-20(2)32(25)19-23-14-13-22(18-24(23)28)12-11-21-9-6-5-7-10-21/h5-7,9-16,18H,3-4,8,17,19H2,1-2H3,(H,31,33)/b12-11+,16-15+. The lowest BCUT2D eigenvalue weighted by molar-refractivity contribution is -0.114. The molecule has 9 heteroatoms. The number of imidazole rings is 1. The number of aromatic nitrogens is 2. The Kier molecular flexibility index (Phi) is 9.93. The van der Waals surface area contributed by atoms with Gasteiger partial charge in [-0.3, -0.25) is 4.79 Å². The Labute approximate surface area is 222 Å². The Hall–Kier alpha value is -2.87. The third-order valence-corrected chi connectivity index (χ3v) is 7.46. The highest BCUT2D eigenvalue weighted by Crippen LogP contribution is 2.25. The summed E-state index contributed by atoms with van der Waals surface area (Å²) in [5, 5.41) is 0.793. The number of sulfonamides is 1. The molecule has 1 heterocycles. The van der Waals surface area contributed by atoms with Crippen molar-refractivity contribution >= 4 is 57.4 Å². The molecule has 0 atom stereocenters. The fraction of sp³-hybridized carbons (Fsp3) is 0.259. The van der Waals surface area contributed by atoms with Gasteiger partial charge in [0.25, 0.3) is 5.91 Å². The number of hydrogen-bond donors (Lipinski definition) is 1. The van der Waals surface area contributed by atoms with Crippen LogP contribution in [0.15, 0.2) is 54.6 Å². The first-order valence-corrected chi connectivity index (χ1v) is 14.1. The van der Waals surface area contributed by atoms with E-state index in [0.29, 0.717) is 29.5 Å². The number of carbonyl (C=O) groups is 1. The van der Waals surface area contributed by atoms with Crippen molar-refractivity contribution < 1.29 is 13.2 Å². The Morgan fingerprint density at radius 1 is 1.03 bits per heavy atom. The Balaban J connectivity index is 1.73. The van der Waals surface area contributed by atoms with E-state index >= 15 is 0 Å². The lowest BCUT2D eigenvalue weighted by Crippen LogP contribution is -2.31. The van der Waals surface area contributed by atoms with Crippen LogP contribution in [0.3, 0.4) is 0 Å². The maximum Gasteiger partial charge on any atom is 0.257 e. The number of amides is 1. The number of aryl methyl sites for hydroxylation is 1. The predicted octanol–water partition coefficient (Wildman–Crippen LogP) is 6.37. The largest absolute Gasteiger partial charge is 0.323 e. The van der Waals surface area contributed by atoms with Gasteiger partial charge in [0.15, 0.2) is 5.15 Å². The molecule has 1 amide bonds. The highest BCUT2D eigenvalue weighted by molar-refractivity contribution is 7.90. The number of halogens is 2. The average molecular weight is 547 g/mol. The topological polar surface area (TPSA) is 81.1 Å². The van der Waals surface area contributed by atoms with Gasteiger partial charge in [-0.1, -0.05) is 97.6 Å². The van der Waals surface area contributed by atoms with Gasteiger partial charge in [0.05, 0.1) is 18.0 Å². The summed E-state index contributed by atoms with van der Waals surface area (Å²) in [5.74, 6) is -0.190. The molecule has 1 N–H and O–H groups in total. The highest BCUT2D eigenvalue weighted by atomic mass is 35.5. The number of rotatable bonds is 11. The molecule has 0 aliphatic rings. The van der Waals surface area contributed by atoms with E-state index in [1.54, 1.807) is 6.92 Å². The van der Waals surface area contributed by atoms with Crippen LogP contribution in [0.4, 0.5) is 0 Å². The van der Waals surface area contributed by atoms with Crippen molar-refractivity contribution in [3.63, 3.8) is 0 Å². The van der Waals surface area contributed by atoms with E-state index in [9.17, 15) is 13.2 Å². The first-order chi connectivity index (χ1) is 17.2. The number of unbranched alkanes of at least 4 members (excludes halogenated alkanes) is 2. The molecule has 6 nitrogen and oxygen atoms in total. The lowest BCUT2D eigenvalue weighted by Gasteiger charge is -2.11. The van der Waals surface area contributed by atoms with Crippen LogP contribution in [-0.4, -0.2) is 29.6 Å². The van der Waals surface area contributed by atoms with Crippen molar-refractivity contribution in [2.45, 2.75) is 39.7 Å². The molecule has 0 fully saturated rings. The van der Waals surface area contributed by atoms with E-state index in [1.165, 1.54) is 6.08 Å². The van der Waals surface area contributed by atoms with E-state index in [2.05, 4.69) is 9.71 Å². The number of benzene rings is 2. The summed E-state index contributed by atoms with van der Waals surface area (Å²) in [6, 6.07) is 15.8. The SMILES string of the molecule is CCCCCS(=O)(=O)NC(=O)/C=C/c1c(Cl)nc(C)n1Cc1ccc(/C=C/c2ccccc2)cc1Cl. The molecule has 0 spiro atoms. The van der Waals surface area contributed by atoms with Gasteiger partial charge in [-0.05, 0) is 42.2 Å². The number of nitrogens with one attached hydrogen (secondary N) is 1. The Bertz CT molecular complexity index is 1360. The van der Waals surface area contributed by atoms with Gasteiger partial charge in [-0.15, -0.1) is 0 Å². The second kappa shape index (κ2) is 12.9. The highest BCUT2D eigenvalue weighted by Gasteiger charge is 2.15. The van der Waals surface area contributed by atoms with Crippen molar-refractivity contribution in [1.29, 1.82) is 0 Å². The van der Waals surface area contributed by atoms with Crippen molar-refractivity contribution in [1.82, 2.24) is 14.3 Å². The minimum Gasteiger partial charge on any atom is -0.323 e. The molecule has 3 rings (SSSR count). The number of nitrogens with zero attached hydrogens (tertiary/aromatic N) is 2. The average Bonchev–Trinajstić information content (AvgIpc) is 3.10. The van der Waals surface area contributed by atoms with Gasteiger partial charge in [-0.25, -0.2) is 18.1 Å². The maximum atomic E-state index is 12.2. The van der Waals surface area contributed by atoms with Gasteiger partial charge >= 0.3 is 0 Å². The Morgan fingerprint density at radius 2 is 1.75 bits per heavy atom. The summed E-state index contributed by atoms with van der Waals surface area (Å²) in [7, 11) is -3.68. The van der Waals surface area contributed by atoms with Gasteiger partial charge in [0, 0.05) is 11.1 Å². The molecule has 0 unspecified atom stereocenters. The summed E-state index contributed by atoms with van der Waals surface area (Å²) in [5.41, 5.74) is 3.39. The predicted molar refractivity (Wildman–Crippen MR) is 148 cm³/mol. The van der Waals surface area contributed by atoms with Gasteiger partial charge < -0.3 is 4.57 Å². The second-order valence-electron chi connectivity index (χ2n) is 8.34. The molecule has 0 aliphatic carbocycles. The quantitative estimate of drug-likeness (QED) is 0.172. The van der Waals surface area contributed by atoms with Gasteiger partial charge in [0.1, 0.15) is 5.82 Å². The fourth-order valence-corrected chi connectivity index (χ4v) is 5.16. The molecule has 0 radical (unpaired) electrons. The van der Waals surface area contributed by atoms with Gasteiger partial charge in [-0.2, -0.15) is 0 Å². The van der Waals surface area contributed by atoms with E-state index in [-0.39, 0.29) is 10.9 Å². The van der Waals surface area contributed by atoms with Crippen molar-refractivity contribution in [2.75, 3.05) is 5.75 Å². The summed E-state index contributed by atoms with van der Waals surface area (Å²) < 4.78 is 28.0. The van der Waals surface area contributed by atoms with Crippen LogP contribution < -0.4 is 4.72 Å². The molecule has 0 saturated heterocycles. The fourth-order valence-electron chi connectivity index (χ4n) is 3.56. The summed E-state index contributed by atoms with van der Waals surface area (Å²) in [6.45, 7) is 4.16. The van der Waals surface area contributed by atoms with Crippen LogP contribution in [-0.2, 0) is 21.4 Å². The summed E-state index contributed by atoms with van der Waals surface area (Å²) in [6.07, 6.45) is 8.80. The number of hydrogen-bond acceptors (Lipinski definition) is 4. The minimum absolute atomic E-state index is 0.0900. The molecule has 0 aliphatic heterocycles. The zero-order chi connectivity index (χ0) is 26.1. The van der Waals surface area contributed by atoms with Crippen LogP contribution in [0.5, 0.6) is 0 Å². The molecule has 36 heavy (non-hydrogen) atoms. The molecule has 1 aromatic heterocycles. The third-order valence-electron chi connectivity index (χ3n) is 5.49. The first kappa shape index (κ1) is 27.7. The van der Waals surface area contributed by atoms with Crippen LogP contribution in [0, 0.1) is 6.92 Å². The van der Waals surface area contributed by atoms with E-state index in [1.807, 2.05) is 72.2 Å². The van der Waals surface area contributed by atoms with Crippen LogP contribution >= 0.6 is 23.2 Å². The van der Waals surface area contributed by atoms with E-state index < -0.39 is 15.9 Å². The maximum absolute atomic E-state index is 12.2. The van der Waals surface area contributed by atoms with Gasteiger partial charge in [0.2, 0.25) is 10.0 Å². The minimum atomic E-state index is -3.68. The molecule has 190 valence electrons.